The fourth-order valence-corrected chi connectivity index (χ4v) is 7.44. The highest BCUT2D eigenvalue weighted by atomic mass is 32.1. The van der Waals surface area contributed by atoms with Gasteiger partial charge in [-0.3, -0.25) is 38.4 Å². The van der Waals surface area contributed by atoms with Gasteiger partial charge in [0.25, 0.3) is 0 Å². The number of carboxylic acids is 1. The number of benzene rings is 1. The van der Waals surface area contributed by atoms with Gasteiger partial charge >= 0.3 is 5.97 Å². The van der Waals surface area contributed by atoms with Gasteiger partial charge in [-0.25, -0.2) is 14.8 Å². The second-order valence-electron chi connectivity index (χ2n) is 16.4. The largest absolute Gasteiger partial charge is 0.508 e. The average Bonchev–Trinajstić information content (AvgIpc) is 4.13. The smallest absolute Gasteiger partial charge is 0.327 e. The zero-order chi connectivity index (χ0) is 50.1. The number of carbonyl (C=O) groups is 9. The van der Waals surface area contributed by atoms with Crippen LogP contribution in [0.15, 0.2) is 49.3 Å². The number of imidazole rings is 2. The van der Waals surface area contributed by atoms with Gasteiger partial charge in [-0.05, 0) is 43.4 Å². The molecule has 3 aromatic rings. The van der Waals surface area contributed by atoms with Crippen molar-refractivity contribution in [2.75, 3.05) is 24.6 Å². The highest BCUT2D eigenvalue weighted by molar-refractivity contribution is 7.80. The molecule has 68 heavy (non-hydrogen) atoms. The van der Waals surface area contributed by atoms with Crippen LogP contribution in [-0.4, -0.2) is 161 Å². The van der Waals surface area contributed by atoms with Crippen LogP contribution >= 0.6 is 25.3 Å². The van der Waals surface area contributed by atoms with E-state index in [1.54, 1.807) is 13.8 Å². The predicted octanol–water partition coefficient (Wildman–Crippen LogP) is -3.17. The van der Waals surface area contributed by atoms with Crippen LogP contribution < -0.4 is 43.0 Å². The number of likely N-dealkylation sites (tertiary alicyclic amines) is 1. The number of phenolic OH excluding ortho intramolecular Hbond substituents is 1. The molecule has 8 atom stereocenters. The topological polar surface area (TPSA) is 365 Å². The third kappa shape index (κ3) is 16.0. The van der Waals surface area contributed by atoms with Gasteiger partial charge in [0.2, 0.25) is 47.3 Å². The van der Waals surface area contributed by atoms with Gasteiger partial charge in [-0.2, -0.15) is 25.3 Å². The standard InChI is InChI=1S/C42H59N13O11S2/c1-21(2)34(40(63)51-28(11-23-6-8-26(56)9-7-23)37(60)49-22(3)35(58)53-31(18-68)42(65)66)54-39(62)32-5-4-10-55(32)41(64)30(13-25-15-45-20-48-25)52-38(61)29(12-24-14-44-19-47-24)50-33(57)16-46-36(59)27(43)17-67/h6-9,14-15,19-22,27-32,34,56,67-68H,4-5,10-13,16-18,43H2,1-3H3,(H,44,47)(H,45,48)(H,46,59)(H,49,60)(H,50,57)(H,51,63)(H,52,61)(H,53,58)(H,54,62)(H,65,66). The SMILES string of the molecule is CC(NC(=O)C(Cc1ccc(O)cc1)NC(=O)C(NC(=O)C1CCCN1C(=O)C(Cc1cnc[nH]1)NC(=O)C(Cc1cnc[nH]1)NC(=O)CNC(=O)C(N)CS)C(C)C)C(=O)NC(CS)C(=O)O. The number of amides is 8. The monoisotopic (exact) mass is 985 g/mol. The first-order chi connectivity index (χ1) is 32.3. The number of aromatic amines is 2. The summed E-state index contributed by atoms with van der Waals surface area (Å²) in [5, 5.41) is 37.0. The third-order valence-electron chi connectivity index (χ3n) is 10.8. The van der Waals surface area contributed by atoms with Crippen molar-refractivity contribution in [2.24, 2.45) is 11.7 Å². The zero-order valence-corrected chi connectivity index (χ0v) is 39.3. The molecule has 0 spiro atoms. The molecule has 3 heterocycles. The highest BCUT2D eigenvalue weighted by Gasteiger charge is 2.41. The van der Waals surface area contributed by atoms with Gasteiger partial charge in [0.1, 0.15) is 48.0 Å². The number of nitrogens with zero attached hydrogens (tertiary/aromatic N) is 3. The number of hydrogen-bond donors (Lipinski definition) is 14. The van der Waals surface area contributed by atoms with E-state index in [-0.39, 0.29) is 49.5 Å². The molecule has 1 saturated heterocycles. The molecule has 1 aromatic carbocycles. The van der Waals surface area contributed by atoms with Crippen LogP contribution in [0.25, 0.3) is 0 Å². The Kier molecular flexibility index (Phi) is 20.6. The van der Waals surface area contributed by atoms with Crippen LogP contribution in [0.3, 0.4) is 0 Å². The van der Waals surface area contributed by atoms with Crippen LogP contribution in [0.2, 0.25) is 0 Å². The maximum absolute atomic E-state index is 14.5. The van der Waals surface area contributed by atoms with E-state index in [1.807, 2.05) is 0 Å². The van der Waals surface area contributed by atoms with E-state index in [1.165, 1.54) is 61.1 Å². The third-order valence-corrected chi connectivity index (χ3v) is 11.6. The first-order valence-electron chi connectivity index (χ1n) is 21.6. The normalized spacial score (nSPS) is 16.5. The Morgan fingerprint density at radius 3 is 1.87 bits per heavy atom. The lowest BCUT2D eigenvalue weighted by Gasteiger charge is -2.31. The molecule has 26 heteroatoms. The van der Waals surface area contributed by atoms with Crippen molar-refractivity contribution in [3.63, 3.8) is 0 Å². The second kappa shape index (κ2) is 26.0. The summed E-state index contributed by atoms with van der Waals surface area (Å²) >= 11 is 7.92. The summed E-state index contributed by atoms with van der Waals surface area (Å²) in [7, 11) is 0. The molecule has 8 unspecified atom stereocenters. The highest BCUT2D eigenvalue weighted by Crippen LogP contribution is 2.21. The maximum atomic E-state index is 14.5. The maximum Gasteiger partial charge on any atom is 0.327 e. The molecule has 4 rings (SSSR count). The number of aliphatic carboxylic acids is 1. The summed E-state index contributed by atoms with van der Waals surface area (Å²) in [6.45, 7) is 4.23. The van der Waals surface area contributed by atoms with Crippen molar-refractivity contribution in [3.8, 4) is 5.75 Å². The molecular formula is C42H59N13O11S2. The quantitative estimate of drug-likeness (QED) is 0.0373. The number of hydrogen-bond acceptors (Lipinski definition) is 15. The van der Waals surface area contributed by atoms with Gasteiger partial charge in [0.15, 0.2) is 0 Å². The number of thiol groups is 2. The molecule has 1 aliphatic heterocycles. The van der Waals surface area contributed by atoms with E-state index in [0.717, 1.165) is 0 Å². The number of nitrogens with one attached hydrogen (secondary N) is 9. The van der Waals surface area contributed by atoms with Crippen LogP contribution in [0, 0.1) is 5.92 Å². The number of aromatic nitrogens is 4. The van der Waals surface area contributed by atoms with Gasteiger partial charge in [-0.1, -0.05) is 26.0 Å². The Hall–Kier alpha value is -6.67. The van der Waals surface area contributed by atoms with Crippen molar-refractivity contribution in [1.29, 1.82) is 0 Å². The summed E-state index contributed by atoms with van der Waals surface area (Å²) in [4.78, 5) is 135. The average molecular weight is 986 g/mol. The first kappa shape index (κ1) is 53.9. The lowest BCUT2D eigenvalue weighted by Crippen LogP contribution is -2.61. The van der Waals surface area contributed by atoms with E-state index in [2.05, 4.69) is 82.4 Å². The van der Waals surface area contributed by atoms with E-state index in [0.29, 0.717) is 23.4 Å². The summed E-state index contributed by atoms with van der Waals surface area (Å²) in [6, 6.07) is -4.01. The molecule has 24 nitrogen and oxygen atoms in total. The van der Waals surface area contributed by atoms with Gasteiger partial charge < -0.3 is 68.0 Å². The van der Waals surface area contributed by atoms with Crippen LogP contribution in [0.1, 0.15) is 50.6 Å². The molecule has 2 aromatic heterocycles. The number of carbonyl (C=O) groups excluding carboxylic acids is 8. The van der Waals surface area contributed by atoms with Gasteiger partial charge in [0.05, 0.1) is 25.2 Å². The number of nitrogens with two attached hydrogens (primary N) is 1. The number of carboxylic acid groups (broad SMARTS) is 1. The van der Waals surface area contributed by atoms with Crippen LogP contribution in [0.5, 0.6) is 5.75 Å². The molecular weight excluding hydrogens is 927 g/mol. The molecule has 8 amide bonds. The lowest BCUT2D eigenvalue weighted by atomic mass is 10.00. The molecule has 0 saturated carbocycles. The fraction of sp³-hybridized carbons (Fsp3) is 0.500. The summed E-state index contributed by atoms with van der Waals surface area (Å²) < 4.78 is 0. The number of aromatic hydroxyl groups is 1. The molecule has 370 valence electrons. The van der Waals surface area contributed by atoms with Crippen molar-refractivity contribution in [2.45, 2.75) is 101 Å². The number of H-pyrrole nitrogens is 2. The summed E-state index contributed by atoms with van der Waals surface area (Å²) in [5.41, 5.74) is 7.12. The van der Waals surface area contributed by atoms with Crippen LogP contribution in [0.4, 0.5) is 0 Å². The Bertz CT molecular complexity index is 2210. The summed E-state index contributed by atoms with van der Waals surface area (Å²) in [6.07, 6.45) is 5.93. The van der Waals surface area contributed by atoms with Crippen LogP contribution in [-0.2, 0) is 62.4 Å². The molecule has 0 radical (unpaired) electrons. The summed E-state index contributed by atoms with van der Waals surface area (Å²) in [5.74, 6) is -8.02. The second-order valence-corrected chi connectivity index (χ2v) is 17.1. The molecule has 0 bridgehead atoms. The molecule has 13 N–H and O–H groups in total. The minimum absolute atomic E-state index is 0.0301. The Labute approximate surface area is 402 Å². The first-order valence-corrected chi connectivity index (χ1v) is 22.9. The van der Waals surface area contributed by atoms with Crippen molar-refractivity contribution < 1.29 is 53.4 Å². The van der Waals surface area contributed by atoms with E-state index in [4.69, 9.17) is 5.73 Å². The van der Waals surface area contributed by atoms with Crippen molar-refractivity contribution >= 4 is 78.5 Å². The lowest BCUT2D eigenvalue weighted by molar-refractivity contribution is -0.143. The van der Waals surface area contributed by atoms with Crippen molar-refractivity contribution in [3.05, 3.63) is 66.3 Å². The van der Waals surface area contributed by atoms with E-state index in [9.17, 15) is 53.4 Å². The predicted molar refractivity (Wildman–Crippen MR) is 250 cm³/mol. The molecule has 0 aliphatic carbocycles. The minimum atomic E-state index is -1.34. The Morgan fingerprint density at radius 2 is 1.31 bits per heavy atom. The molecule has 1 fully saturated rings. The Morgan fingerprint density at radius 1 is 0.735 bits per heavy atom. The Balaban J connectivity index is 1.52. The van der Waals surface area contributed by atoms with E-state index >= 15 is 0 Å². The zero-order valence-electron chi connectivity index (χ0n) is 37.6. The number of phenols is 1. The van der Waals surface area contributed by atoms with Gasteiger partial charge in [-0.15, -0.1) is 0 Å². The molecule has 1 aliphatic rings. The minimum Gasteiger partial charge on any atom is -0.508 e. The number of rotatable bonds is 25. The van der Waals surface area contributed by atoms with Crippen molar-refractivity contribution in [1.82, 2.24) is 62.1 Å². The van der Waals surface area contributed by atoms with E-state index < -0.39 is 114 Å². The van der Waals surface area contributed by atoms with Gasteiger partial charge in [0, 0.05) is 61.1 Å². The fourth-order valence-electron chi connectivity index (χ4n) is 7.03.